The molecule has 5 rings (SSSR count). The molecule has 28 heavy (non-hydrogen) atoms. The van der Waals surface area contributed by atoms with Crippen molar-refractivity contribution in [2.24, 2.45) is 0 Å². The lowest BCUT2D eigenvalue weighted by Gasteiger charge is -2.10. The molecule has 0 radical (unpaired) electrons. The third-order valence-electron chi connectivity index (χ3n) is 4.86. The largest absolute Gasteiger partial charge is 0.497 e. The smallest absolute Gasteiger partial charge is 0.248 e. The number of nitrogens with one attached hydrogen (secondary N) is 3. The van der Waals surface area contributed by atoms with Crippen molar-refractivity contribution in [1.29, 1.82) is 0 Å². The first-order valence-corrected chi connectivity index (χ1v) is 9.33. The number of anilines is 3. The van der Waals surface area contributed by atoms with Crippen LogP contribution in [0, 0.1) is 0 Å². The Morgan fingerprint density at radius 2 is 2.07 bits per heavy atom. The Labute approximate surface area is 162 Å². The molecule has 1 aliphatic rings. The van der Waals surface area contributed by atoms with E-state index in [9.17, 15) is 0 Å². The maximum Gasteiger partial charge on any atom is 0.248 e. The number of hydrogen-bond donors (Lipinski definition) is 3. The van der Waals surface area contributed by atoms with Crippen LogP contribution in [0.5, 0.6) is 5.75 Å². The lowest BCUT2D eigenvalue weighted by atomic mass is 10.2. The van der Waals surface area contributed by atoms with E-state index < -0.39 is 0 Å². The number of nitrogens with zero attached hydrogens (tertiary/aromatic N) is 4. The van der Waals surface area contributed by atoms with Gasteiger partial charge in [-0.3, -0.25) is 5.10 Å². The lowest BCUT2D eigenvalue weighted by Crippen LogP contribution is -2.08. The van der Waals surface area contributed by atoms with Gasteiger partial charge in [-0.25, -0.2) is 4.52 Å². The van der Waals surface area contributed by atoms with Gasteiger partial charge >= 0.3 is 0 Å². The van der Waals surface area contributed by atoms with E-state index in [1.807, 2.05) is 48.7 Å². The molecule has 0 atom stereocenters. The quantitative estimate of drug-likeness (QED) is 0.456. The summed E-state index contributed by atoms with van der Waals surface area (Å²) in [6.45, 7) is 0.648. The summed E-state index contributed by atoms with van der Waals surface area (Å²) in [5.41, 5.74) is 3.22. The molecule has 4 aromatic rings. The van der Waals surface area contributed by atoms with Crippen molar-refractivity contribution in [1.82, 2.24) is 24.8 Å². The second-order valence-electron chi connectivity index (χ2n) is 6.93. The summed E-state index contributed by atoms with van der Waals surface area (Å²) in [5, 5.41) is 18.5. The first-order valence-electron chi connectivity index (χ1n) is 9.33. The van der Waals surface area contributed by atoms with Crippen molar-refractivity contribution in [3.8, 4) is 5.75 Å². The minimum Gasteiger partial charge on any atom is -0.497 e. The van der Waals surface area contributed by atoms with Gasteiger partial charge in [0, 0.05) is 30.4 Å². The Morgan fingerprint density at radius 1 is 1.21 bits per heavy atom. The van der Waals surface area contributed by atoms with E-state index in [0.29, 0.717) is 18.4 Å². The summed E-state index contributed by atoms with van der Waals surface area (Å²) in [6, 6.07) is 13.9. The van der Waals surface area contributed by atoms with Crippen molar-refractivity contribution < 1.29 is 4.74 Å². The third kappa shape index (κ3) is 3.36. The van der Waals surface area contributed by atoms with Gasteiger partial charge in [0.25, 0.3) is 0 Å². The molecule has 0 bridgehead atoms. The Hall–Kier alpha value is -3.55. The van der Waals surface area contributed by atoms with Gasteiger partial charge in [0.1, 0.15) is 11.3 Å². The van der Waals surface area contributed by atoms with Crippen molar-refractivity contribution in [3.05, 3.63) is 59.9 Å². The van der Waals surface area contributed by atoms with E-state index in [4.69, 9.17) is 4.74 Å². The fourth-order valence-corrected chi connectivity index (χ4v) is 3.17. The van der Waals surface area contributed by atoms with Gasteiger partial charge in [-0.15, -0.1) is 5.10 Å². The van der Waals surface area contributed by atoms with Crippen LogP contribution in [0.2, 0.25) is 0 Å². The SMILES string of the molecule is COc1ccc(CNc2nc(Nc3cc(C4CC4)[nH]n3)nn3cccc23)cc1. The maximum absolute atomic E-state index is 5.21. The molecule has 1 aliphatic carbocycles. The topological polar surface area (TPSA) is 92.2 Å². The fourth-order valence-electron chi connectivity index (χ4n) is 3.17. The van der Waals surface area contributed by atoms with E-state index in [1.165, 1.54) is 18.5 Å². The van der Waals surface area contributed by atoms with E-state index >= 15 is 0 Å². The van der Waals surface area contributed by atoms with Gasteiger partial charge in [-0.1, -0.05) is 12.1 Å². The lowest BCUT2D eigenvalue weighted by molar-refractivity contribution is 0.414. The predicted molar refractivity (Wildman–Crippen MR) is 107 cm³/mol. The summed E-state index contributed by atoms with van der Waals surface area (Å²) in [5.74, 6) is 3.45. The van der Waals surface area contributed by atoms with Crippen LogP contribution in [0.4, 0.5) is 17.6 Å². The zero-order valence-corrected chi connectivity index (χ0v) is 15.5. The normalized spacial score (nSPS) is 13.6. The molecule has 1 aromatic carbocycles. The van der Waals surface area contributed by atoms with Gasteiger partial charge in [-0.05, 0) is 42.7 Å². The molecular weight excluding hydrogens is 354 g/mol. The Morgan fingerprint density at radius 3 is 2.86 bits per heavy atom. The number of methoxy groups -OCH3 is 1. The molecule has 1 fully saturated rings. The van der Waals surface area contributed by atoms with Gasteiger partial charge in [0.2, 0.25) is 5.95 Å². The minimum absolute atomic E-state index is 0.495. The first-order chi connectivity index (χ1) is 13.8. The van der Waals surface area contributed by atoms with Crippen LogP contribution in [0.3, 0.4) is 0 Å². The molecule has 0 unspecified atom stereocenters. The summed E-state index contributed by atoms with van der Waals surface area (Å²) in [6.07, 6.45) is 4.36. The van der Waals surface area contributed by atoms with Gasteiger partial charge in [0.05, 0.1) is 7.11 Å². The van der Waals surface area contributed by atoms with Crippen molar-refractivity contribution in [2.75, 3.05) is 17.7 Å². The monoisotopic (exact) mass is 375 g/mol. The van der Waals surface area contributed by atoms with Gasteiger partial charge in [-0.2, -0.15) is 10.1 Å². The number of benzene rings is 1. The molecule has 3 N–H and O–H groups in total. The van der Waals surface area contributed by atoms with Crippen LogP contribution in [0.25, 0.3) is 5.52 Å². The van der Waals surface area contributed by atoms with Crippen LogP contribution in [0.15, 0.2) is 48.7 Å². The van der Waals surface area contributed by atoms with Crippen LogP contribution in [-0.4, -0.2) is 31.9 Å². The van der Waals surface area contributed by atoms with E-state index in [-0.39, 0.29) is 0 Å². The zero-order valence-electron chi connectivity index (χ0n) is 15.5. The predicted octanol–water partition coefficient (Wildman–Crippen LogP) is 3.69. The highest BCUT2D eigenvalue weighted by Gasteiger charge is 2.25. The highest BCUT2D eigenvalue weighted by molar-refractivity contribution is 5.69. The number of rotatable bonds is 7. The molecule has 3 heterocycles. The molecule has 142 valence electrons. The van der Waals surface area contributed by atoms with E-state index in [2.05, 4.69) is 30.9 Å². The summed E-state index contributed by atoms with van der Waals surface area (Å²) >= 11 is 0. The molecule has 0 aliphatic heterocycles. The third-order valence-corrected chi connectivity index (χ3v) is 4.86. The van der Waals surface area contributed by atoms with Crippen molar-refractivity contribution >= 4 is 23.1 Å². The summed E-state index contributed by atoms with van der Waals surface area (Å²) in [4.78, 5) is 4.65. The average molecular weight is 375 g/mol. The standard InChI is InChI=1S/C20H21N7O/c1-28-15-8-4-13(5-9-15)12-21-19-17-3-2-10-27(17)26-20(23-19)22-18-11-16(24-25-18)14-6-7-14/h2-5,8-11,14H,6-7,12H2,1H3,(H3,21,22,23,24,25,26). The maximum atomic E-state index is 5.21. The fraction of sp³-hybridized carbons (Fsp3) is 0.250. The Bertz CT molecular complexity index is 1100. The molecule has 8 nitrogen and oxygen atoms in total. The van der Waals surface area contributed by atoms with Crippen LogP contribution in [-0.2, 0) is 6.54 Å². The van der Waals surface area contributed by atoms with E-state index in [0.717, 1.165) is 28.5 Å². The molecule has 8 heteroatoms. The second-order valence-corrected chi connectivity index (χ2v) is 6.93. The molecule has 1 saturated carbocycles. The van der Waals surface area contributed by atoms with Crippen LogP contribution >= 0.6 is 0 Å². The highest BCUT2D eigenvalue weighted by atomic mass is 16.5. The Kier molecular flexibility index (Phi) is 4.08. The Balaban J connectivity index is 1.36. The molecule has 0 saturated heterocycles. The van der Waals surface area contributed by atoms with Crippen molar-refractivity contribution in [3.63, 3.8) is 0 Å². The highest BCUT2D eigenvalue weighted by Crippen LogP contribution is 2.39. The second kappa shape index (κ2) is 6.88. The number of aromatic nitrogens is 5. The number of hydrogen-bond acceptors (Lipinski definition) is 6. The van der Waals surface area contributed by atoms with Crippen molar-refractivity contribution in [2.45, 2.75) is 25.3 Å². The molecular formula is C20H21N7O. The van der Waals surface area contributed by atoms with Crippen LogP contribution < -0.4 is 15.4 Å². The van der Waals surface area contributed by atoms with Gasteiger partial charge in [0.15, 0.2) is 11.6 Å². The minimum atomic E-state index is 0.495. The van der Waals surface area contributed by atoms with Gasteiger partial charge < -0.3 is 15.4 Å². The number of aromatic amines is 1. The van der Waals surface area contributed by atoms with Crippen LogP contribution in [0.1, 0.15) is 30.0 Å². The number of ether oxygens (including phenoxy) is 1. The number of H-pyrrole nitrogens is 1. The molecule has 0 spiro atoms. The molecule has 3 aromatic heterocycles. The summed E-state index contributed by atoms with van der Waals surface area (Å²) < 4.78 is 7.02. The van der Waals surface area contributed by atoms with E-state index in [1.54, 1.807) is 11.6 Å². The zero-order chi connectivity index (χ0) is 18.9. The average Bonchev–Trinajstić information content (AvgIpc) is 3.28. The summed E-state index contributed by atoms with van der Waals surface area (Å²) in [7, 11) is 1.67. The molecule has 0 amide bonds. The first kappa shape index (κ1) is 16.6. The number of fused-ring (bicyclic) bond motifs is 1.